The predicted molar refractivity (Wildman–Crippen MR) is 64.5 cm³/mol. The highest BCUT2D eigenvalue weighted by atomic mass is 79.9. The average molecular weight is 285 g/mol. The maximum atomic E-state index is 11.2. The fraction of sp³-hybridized carbons (Fsp3) is 0.333. The molecule has 1 aromatic rings. The molecule has 0 unspecified atom stereocenters. The summed E-state index contributed by atoms with van der Waals surface area (Å²) in [6.45, 7) is 0. The van der Waals surface area contributed by atoms with Crippen LogP contribution >= 0.6 is 15.9 Å². The van der Waals surface area contributed by atoms with Gasteiger partial charge in [-0.1, -0.05) is 22.0 Å². The Kier molecular flexibility index (Phi) is 5.19. The molecule has 0 heterocycles. The molecule has 0 aromatic heterocycles. The fourth-order valence-corrected chi connectivity index (χ4v) is 1.95. The lowest BCUT2D eigenvalue weighted by Gasteiger charge is -2.05. The molecule has 0 bridgehead atoms. The third-order valence-electron chi connectivity index (χ3n) is 2.24. The van der Waals surface area contributed by atoms with E-state index in [4.69, 9.17) is 0 Å². The Morgan fingerprint density at radius 1 is 1.50 bits per heavy atom. The first-order valence-electron chi connectivity index (χ1n) is 4.99. The fourth-order valence-electron chi connectivity index (χ4n) is 1.37. The van der Waals surface area contributed by atoms with Crippen LogP contribution in [0.4, 0.5) is 0 Å². The number of carbonyl (C=O) groups is 2. The zero-order chi connectivity index (χ0) is 12.0. The minimum Gasteiger partial charge on any atom is -0.465 e. The number of ether oxygens (including phenoxy) is 1. The van der Waals surface area contributed by atoms with Gasteiger partial charge in [-0.2, -0.15) is 0 Å². The summed E-state index contributed by atoms with van der Waals surface area (Å²) in [6, 6.07) is 5.34. The number of halogens is 1. The molecular weight excluding hydrogens is 272 g/mol. The summed E-state index contributed by atoms with van der Waals surface area (Å²) in [6.07, 6.45) is 3.11. The summed E-state index contributed by atoms with van der Waals surface area (Å²) in [5.41, 5.74) is 1.61. The molecule has 0 aliphatic heterocycles. The number of carbonyl (C=O) groups excluding carboxylic acids is 2. The van der Waals surface area contributed by atoms with Gasteiger partial charge in [0, 0.05) is 10.9 Å². The van der Waals surface area contributed by atoms with Crippen molar-refractivity contribution < 1.29 is 14.3 Å². The Hall–Kier alpha value is -1.16. The molecule has 1 rings (SSSR count). The Balaban J connectivity index is 2.75. The molecule has 0 saturated carbocycles. The van der Waals surface area contributed by atoms with Gasteiger partial charge in [-0.05, 0) is 30.5 Å². The highest BCUT2D eigenvalue weighted by Gasteiger charge is 2.07. The van der Waals surface area contributed by atoms with E-state index in [1.54, 1.807) is 12.1 Å². The summed E-state index contributed by atoms with van der Waals surface area (Å²) in [7, 11) is 1.36. The number of unbranched alkanes of at least 4 members (excludes halogenated alkanes) is 1. The topological polar surface area (TPSA) is 43.4 Å². The van der Waals surface area contributed by atoms with Crippen LogP contribution in [0.3, 0.4) is 0 Å². The van der Waals surface area contributed by atoms with E-state index < -0.39 is 0 Å². The van der Waals surface area contributed by atoms with E-state index in [9.17, 15) is 9.59 Å². The van der Waals surface area contributed by atoms with E-state index >= 15 is 0 Å². The van der Waals surface area contributed by atoms with Crippen LogP contribution in [0, 0.1) is 0 Å². The third kappa shape index (κ3) is 3.45. The predicted octanol–water partition coefficient (Wildman–Crippen LogP) is 2.76. The molecule has 0 radical (unpaired) electrons. The quantitative estimate of drug-likeness (QED) is 0.474. The molecule has 0 saturated heterocycles. The van der Waals surface area contributed by atoms with Crippen LogP contribution in [0.1, 0.15) is 28.8 Å². The standard InChI is InChI=1S/C12H13BrO3/c1-16-12(15)10-6-5-9(11(13)8-10)4-2-3-7-14/h5-8H,2-4H2,1H3. The first-order valence-corrected chi connectivity index (χ1v) is 5.78. The summed E-state index contributed by atoms with van der Waals surface area (Å²) in [5, 5.41) is 0. The maximum absolute atomic E-state index is 11.2. The summed E-state index contributed by atoms with van der Waals surface area (Å²) >= 11 is 3.40. The van der Waals surface area contributed by atoms with Gasteiger partial charge in [-0.15, -0.1) is 0 Å². The van der Waals surface area contributed by atoms with Gasteiger partial charge in [-0.3, -0.25) is 0 Å². The second kappa shape index (κ2) is 6.43. The highest BCUT2D eigenvalue weighted by Crippen LogP contribution is 2.20. The normalized spacial score (nSPS) is 9.88. The number of benzene rings is 1. The average Bonchev–Trinajstić information content (AvgIpc) is 2.30. The molecule has 1 aromatic carbocycles. The van der Waals surface area contributed by atoms with Crippen molar-refractivity contribution in [1.82, 2.24) is 0 Å². The van der Waals surface area contributed by atoms with Crippen LogP contribution in [0.2, 0.25) is 0 Å². The number of methoxy groups -OCH3 is 1. The van der Waals surface area contributed by atoms with Crippen LogP contribution in [0.5, 0.6) is 0 Å². The molecule has 16 heavy (non-hydrogen) atoms. The third-order valence-corrected chi connectivity index (χ3v) is 2.98. The zero-order valence-electron chi connectivity index (χ0n) is 9.03. The maximum Gasteiger partial charge on any atom is 0.337 e. The van der Waals surface area contributed by atoms with Crippen molar-refractivity contribution in [2.75, 3.05) is 7.11 Å². The number of hydrogen-bond donors (Lipinski definition) is 0. The molecule has 0 amide bonds. The lowest BCUT2D eigenvalue weighted by Crippen LogP contribution is -2.01. The molecule has 0 fully saturated rings. The zero-order valence-corrected chi connectivity index (χ0v) is 10.6. The van der Waals surface area contributed by atoms with Crippen molar-refractivity contribution in [3.05, 3.63) is 33.8 Å². The van der Waals surface area contributed by atoms with Crippen molar-refractivity contribution in [3.63, 3.8) is 0 Å². The highest BCUT2D eigenvalue weighted by molar-refractivity contribution is 9.10. The minimum absolute atomic E-state index is 0.347. The van der Waals surface area contributed by atoms with E-state index in [-0.39, 0.29) is 5.97 Å². The van der Waals surface area contributed by atoms with Gasteiger partial charge in [0.2, 0.25) is 0 Å². The monoisotopic (exact) mass is 284 g/mol. The van der Waals surface area contributed by atoms with Crippen molar-refractivity contribution in [2.45, 2.75) is 19.3 Å². The molecule has 4 heteroatoms. The second-order valence-electron chi connectivity index (χ2n) is 3.36. The second-order valence-corrected chi connectivity index (χ2v) is 4.21. The first kappa shape index (κ1) is 12.9. The Morgan fingerprint density at radius 3 is 2.81 bits per heavy atom. The van der Waals surface area contributed by atoms with Gasteiger partial charge in [0.25, 0.3) is 0 Å². The number of esters is 1. The lowest BCUT2D eigenvalue weighted by atomic mass is 10.1. The van der Waals surface area contributed by atoms with Crippen molar-refractivity contribution >= 4 is 28.2 Å². The molecular formula is C12H13BrO3. The number of hydrogen-bond acceptors (Lipinski definition) is 3. The van der Waals surface area contributed by atoms with Crippen molar-refractivity contribution in [2.24, 2.45) is 0 Å². The van der Waals surface area contributed by atoms with Crippen LogP contribution in [0.25, 0.3) is 0 Å². The summed E-state index contributed by atoms with van der Waals surface area (Å²) in [4.78, 5) is 21.4. The minimum atomic E-state index is -0.347. The molecule has 0 spiro atoms. The largest absolute Gasteiger partial charge is 0.465 e. The van der Waals surface area contributed by atoms with Gasteiger partial charge in [0.15, 0.2) is 0 Å². The van der Waals surface area contributed by atoms with E-state index in [0.717, 1.165) is 29.2 Å². The van der Waals surface area contributed by atoms with Gasteiger partial charge < -0.3 is 9.53 Å². The van der Waals surface area contributed by atoms with Gasteiger partial charge in [-0.25, -0.2) is 4.79 Å². The number of rotatable bonds is 5. The Morgan fingerprint density at radius 2 is 2.25 bits per heavy atom. The summed E-state index contributed by atoms with van der Waals surface area (Å²) < 4.78 is 5.50. The van der Waals surface area contributed by atoms with Crippen molar-refractivity contribution in [3.8, 4) is 0 Å². The van der Waals surface area contributed by atoms with Crippen LogP contribution in [-0.2, 0) is 16.0 Å². The van der Waals surface area contributed by atoms with E-state index in [1.807, 2.05) is 6.07 Å². The Labute approximate surface area is 103 Å². The number of aryl methyl sites for hydroxylation is 1. The SMILES string of the molecule is COC(=O)c1ccc(CCCC=O)c(Br)c1. The van der Waals surface area contributed by atoms with E-state index in [0.29, 0.717) is 12.0 Å². The first-order chi connectivity index (χ1) is 7.69. The van der Waals surface area contributed by atoms with Crippen LogP contribution in [0.15, 0.2) is 22.7 Å². The Bertz CT molecular complexity index is 388. The molecule has 86 valence electrons. The lowest BCUT2D eigenvalue weighted by molar-refractivity contribution is -0.107. The van der Waals surface area contributed by atoms with E-state index in [1.165, 1.54) is 7.11 Å². The van der Waals surface area contributed by atoms with Gasteiger partial charge >= 0.3 is 5.97 Å². The van der Waals surface area contributed by atoms with Crippen LogP contribution in [-0.4, -0.2) is 19.4 Å². The van der Waals surface area contributed by atoms with Crippen molar-refractivity contribution in [1.29, 1.82) is 0 Å². The van der Waals surface area contributed by atoms with E-state index in [2.05, 4.69) is 20.7 Å². The smallest absolute Gasteiger partial charge is 0.337 e. The molecule has 0 N–H and O–H groups in total. The number of aldehydes is 1. The van der Waals surface area contributed by atoms with Gasteiger partial charge in [0.1, 0.15) is 6.29 Å². The molecule has 0 atom stereocenters. The van der Waals surface area contributed by atoms with Crippen LogP contribution < -0.4 is 0 Å². The van der Waals surface area contributed by atoms with Gasteiger partial charge in [0.05, 0.1) is 12.7 Å². The molecule has 3 nitrogen and oxygen atoms in total. The summed E-state index contributed by atoms with van der Waals surface area (Å²) in [5.74, 6) is -0.347. The molecule has 0 aliphatic carbocycles. The molecule has 0 aliphatic rings.